The van der Waals surface area contributed by atoms with Crippen molar-refractivity contribution < 1.29 is 0 Å². The van der Waals surface area contributed by atoms with E-state index in [9.17, 15) is 0 Å². The van der Waals surface area contributed by atoms with Crippen LogP contribution in [0, 0.1) is 0 Å². The van der Waals surface area contributed by atoms with E-state index < -0.39 is 0 Å². The summed E-state index contributed by atoms with van der Waals surface area (Å²) in [6, 6.07) is 2.83. The van der Waals surface area contributed by atoms with E-state index in [4.69, 9.17) is 0 Å². The summed E-state index contributed by atoms with van der Waals surface area (Å²) in [6.45, 7) is 5.37. The first-order valence-electron chi connectivity index (χ1n) is 6.95. The van der Waals surface area contributed by atoms with Gasteiger partial charge in [-0.05, 0) is 43.4 Å². The van der Waals surface area contributed by atoms with Gasteiger partial charge in [-0.25, -0.2) is 4.98 Å². The zero-order valence-electron chi connectivity index (χ0n) is 11.0. The van der Waals surface area contributed by atoms with Crippen molar-refractivity contribution in [1.29, 1.82) is 0 Å². The molecule has 1 saturated heterocycles. The van der Waals surface area contributed by atoms with Crippen molar-refractivity contribution in [3.63, 3.8) is 0 Å². The van der Waals surface area contributed by atoms with Crippen molar-refractivity contribution in [1.82, 2.24) is 10.3 Å². The second-order valence-electron chi connectivity index (χ2n) is 5.14. The van der Waals surface area contributed by atoms with E-state index in [0.29, 0.717) is 6.04 Å². The SMILES string of the molecule is C/C=C/Cc1ccnc2c1CC[C@@H]1CNCCN21. The van der Waals surface area contributed by atoms with Crippen LogP contribution in [0.25, 0.3) is 0 Å². The van der Waals surface area contributed by atoms with E-state index in [0.717, 1.165) is 26.1 Å². The highest BCUT2D eigenvalue weighted by atomic mass is 15.3. The molecule has 1 atom stereocenters. The number of rotatable bonds is 2. The summed E-state index contributed by atoms with van der Waals surface area (Å²) in [5.41, 5.74) is 2.93. The van der Waals surface area contributed by atoms with Crippen LogP contribution in [0.1, 0.15) is 24.5 Å². The van der Waals surface area contributed by atoms with E-state index in [2.05, 4.69) is 40.3 Å². The van der Waals surface area contributed by atoms with Gasteiger partial charge in [-0.2, -0.15) is 0 Å². The Morgan fingerprint density at radius 2 is 2.50 bits per heavy atom. The zero-order chi connectivity index (χ0) is 12.4. The predicted octanol–water partition coefficient (Wildman–Crippen LogP) is 1.92. The summed E-state index contributed by atoms with van der Waals surface area (Å²) in [7, 11) is 0. The maximum Gasteiger partial charge on any atom is 0.132 e. The molecule has 2 aliphatic heterocycles. The molecule has 3 heteroatoms. The largest absolute Gasteiger partial charge is 0.351 e. The summed E-state index contributed by atoms with van der Waals surface area (Å²) < 4.78 is 0. The lowest BCUT2D eigenvalue weighted by atomic mass is 9.92. The van der Waals surface area contributed by atoms with Crippen molar-refractivity contribution in [2.24, 2.45) is 0 Å². The highest BCUT2D eigenvalue weighted by molar-refractivity contribution is 5.54. The van der Waals surface area contributed by atoms with Gasteiger partial charge >= 0.3 is 0 Å². The number of nitrogens with zero attached hydrogens (tertiary/aromatic N) is 2. The van der Waals surface area contributed by atoms with Gasteiger partial charge in [0.2, 0.25) is 0 Å². The summed E-state index contributed by atoms with van der Waals surface area (Å²) in [5.74, 6) is 1.25. The van der Waals surface area contributed by atoms with Crippen molar-refractivity contribution >= 4 is 5.82 Å². The molecule has 0 amide bonds. The fraction of sp³-hybridized carbons (Fsp3) is 0.533. The molecular weight excluding hydrogens is 222 g/mol. The third kappa shape index (κ3) is 2.03. The van der Waals surface area contributed by atoms with Crippen molar-refractivity contribution in [2.75, 3.05) is 24.5 Å². The molecule has 0 aliphatic carbocycles. The van der Waals surface area contributed by atoms with Crippen LogP contribution in [-0.4, -0.2) is 30.7 Å². The van der Waals surface area contributed by atoms with Gasteiger partial charge in [0.15, 0.2) is 0 Å². The topological polar surface area (TPSA) is 28.2 Å². The molecule has 0 bridgehead atoms. The third-order valence-corrected chi connectivity index (χ3v) is 4.05. The van der Waals surface area contributed by atoms with E-state index in [1.807, 2.05) is 6.20 Å². The molecule has 2 aliphatic rings. The summed E-state index contributed by atoms with van der Waals surface area (Å²) in [6.07, 6.45) is 9.82. The van der Waals surface area contributed by atoms with Gasteiger partial charge in [-0.15, -0.1) is 0 Å². The minimum atomic E-state index is 0.649. The van der Waals surface area contributed by atoms with Crippen LogP contribution in [0.5, 0.6) is 0 Å². The Morgan fingerprint density at radius 3 is 3.39 bits per heavy atom. The quantitative estimate of drug-likeness (QED) is 0.804. The standard InChI is InChI=1S/C15H21N3/c1-2-3-4-12-7-8-17-15-14(12)6-5-13-11-16-9-10-18(13)15/h2-3,7-8,13,16H,4-6,9-11H2,1H3/b3-2+/t13-/m1/s1. The van der Waals surface area contributed by atoms with Crippen molar-refractivity contribution in [3.8, 4) is 0 Å². The number of hydrogen-bond donors (Lipinski definition) is 1. The lowest BCUT2D eigenvalue weighted by Gasteiger charge is -2.41. The van der Waals surface area contributed by atoms with Crippen LogP contribution < -0.4 is 10.2 Å². The van der Waals surface area contributed by atoms with E-state index in [1.54, 1.807) is 0 Å². The maximum atomic E-state index is 4.65. The van der Waals surface area contributed by atoms with Crippen LogP contribution >= 0.6 is 0 Å². The lowest BCUT2D eigenvalue weighted by molar-refractivity contribution is 0.435. The van der Waals surface area contributed by atoms with Crippen LogP contribution in [0.4, 0.5) is 5.82 Å². The number of nitrogens with one attached hydrogen (secondary N) is 1. The average Bonchev–Trinajstić information content (AvgIpc) is 2.44. The molecule has 1 fully saturated rings. The molecule has 1 aromatic rings. The second-order valence-corrected chi connectivity index (χ2v) is 5.14. The third-order valence-electron chi connectivity index (χ3n) is 4.05. The van der Waals surface area contributed by atoms with E-state index >= 15 is 0 Å². The van der Waals surface area contributed by atoms with E-state index in [-0.39, 0.29) is 0 Å². The van der Waals surface area contributed by atoms with Crippen LogP contribution in [0.15, 0.2) is 24.4 Å². The molecule has 0 spiro atoms. The lowest BCUT2D eigenvalue weighted by Crippen LogP contribution is -2.53. The van der Waals surface area contributed by atoms with Gasteiger partial charge in [0.1, 0.15) is 5.82 Å². The van der Waals surface area contributed by atoms with Gasteiger partial charge in [0.25, 0.3) is 0 Å². The van der Waals surface area contributed by atoms with E-state index in [1.165, 1.54) is 29.8 Å². The van der Waals surface area contributed by atoms with Gasteiger partial charge in [-0.3, -0.25) is 0 Å². The Morgan fingerprint density at radius 1 is 1.56 bits per heavy atom. The van der Waals surface area contributed by atoms with Crippen molar-refractivity contribution in [2.45, 2.75) is 32.2 Å². The maximum absolute atomic E-state index is 4.65. The molecule has 3 heterocycles. The zero-order valence-corrected chi connectivity index (χ0v) is 11.0. The Labute approximate surface area is 109 Å². The summed E-state index contributed by atoms with van der Waals surface area (Å²) >= 11 is 0. The molecule has 0 radical (unpaired) electrons. The summed E-state index contributed by atoms with van der Waals surface area (Å²) in [5, 5.41) is 3.48. The molecule has 96 valence electrons. The van der Waals surface area contributed by atoms with Crippen molar-refractivity contribution in [3.05, 3.63) is 35.5 Å². The molecule has 3 rings (SSSR count). The minimum absolute atomic E-state index is 0.649. The molecule has 3 nitrogen and oxygen atoms in total. The van der Waals surface area contributed by atoms with Crippen LogP contribution in [0.3, 0.4) is 0 Å². The van der Waals surface area contributed by atoms with Gasteiger partial charge < -0.3 is 10.2 Å². The first kappa shape index (κ1) is 11.7. The molecule has 1 N–H and O–H groups in total. The number of piperazine rings is 1. The molecular formula is C15H21N3. The monoisotopic (exact) mass is 243 g/mol. The number of allylic oxidation sites excluding steroid dienone is 2. The number of pyridine rings is 1. The Hall–Kier alpha value is -1.35. The Kier molecular flexibility index (Phi) is 3.33. The first-order chi connectivity index (χ1) is 8.90. The Bertz CT molecular complexity index is 453. The fourth-order valence-electron chi connectivity index (χ4n) is 3.08. The van der Waals surface area contributed by atoms with Gasteiger partial charge in [-0.1, -0.05) is 12.2 Å². The van der Waals surface area contributed by atoms with Gasteiger partial charge in [0, 0.05) is 31.9 Å². The fourth-order valence-corrected chi connectivity index (χ4v) is 3.08. The number of anilines is 1. The smallest absolute Gasteiger partial charge is 0.132 e. The predicted molar refractivity (Wildman–Crippen MR) is 75.1 cm³/mol. The number of hydrogen-bond acceptors (Lipinski definition) is 3. The highest BCUT2D eigenvalue weighted by Crippen LogP contribution is 2.31. The normalized spacial score (nSPS) is 22.9. The Balaban J connectivity index is 1.94. The number of aromatic nitrogens is 1. The number of fused-ring (bicyclic) bond motifs is 3. The molecule has 0 aromatic carbocycles. The first-order valence-corrected chi connectivity index (χ1v) is 6.95. The van der Waals surface area contributed by atoms with Crippen LogP contribution in [-0.2, 0) is 12.8 Å². The molecule has 1 aromatic heterocycles. The van der Waals surface area contributed by atoms with Crippen LogP contribution in [0.2, 0.25) is 0 Å². The second kappa shape index (κ2) is 5.11. The van der Waals surface area contributed by atoms with Gasteiger partial charge in [0.05, 0.1) is 0 Å². The average molecular weight is 243 g/mol. The highest BCUT2D eigenvalue weighted by Gasteiger charge is 2.30. The molecule has 18 heavy (non-hydrogen) atoms. The summed E-state index contributed by atoms with van der Waals surface area (Å²) in [4.78, 5) is 7.15. The molecule has 0 saturated carbocycles. The minimum Gasteiger partial charge on any atom is -0.351 e. The molecule has 0 unspecified atom stereocenters.